The molecule has 2 heterocycles. The number of rotatable bonds is 7. The van der Waals surface area contributed by atoms with Crippen molar-refractivity contribution in [3.63, 3.8) is 0 Å². The molecule has 0 aliphatic heterocycles. The van der Waals surface area contributed by atoms with Gasteiger partial charge in [0.2, 0.25) is 5.91 Å². The van der Waals surface area contributed by atoms with Crippen LogP contribution < -0.4 is 15.4 Å². The number of benzene rings is 1. The van der Waals surface area contributed by atoms with Gasteiger partial charge in [-0.3, -0.25) is 4.79 Å². The first-order valence-corrected chi connectivity index (χ1v) is 9.14. The Morgan fingerprint density at radius 1 is 1.27 bits per heavy atom. The van der Waals surface area contributed by atoms with Crippen LogP contribution >= 0.6 is 11.3 Å². The maximum Gasteiger partial charge on any atom is 0.230 e. The molecule has 134 valence electrons. The number of thiazole rings is 1. The summed E-state index contributed by atoms with van der Waals surface area (Å²) in [5, 5.41) is 8.53. The van der Waals surface area contributed by atoms with Crippen molar-refractivity contribution in [1.82, 2.24) is 9.97 Å². The number of carbonyl (C=O) groups excluding carboxylic acids is 1. The Kier molecular flexibility index (Phi) is 5.80. The number of hydrogen-bond donors (Lipinski definition) is 2. The molecule has 1 aromatic carbocycles. The van der Waals surface area contributed by atoms with Gasteiger partial charge in [-0.15, -0.1) is 11.3 Å². The topological polar surface area (TPSA) is 76.1 Å². The van der Waals surface area contributed by atoms with Gasteiger partial charge < -0.3 is 15.4 Å². The van der Waals surface area contributed by atoms with Crippen LogP contribution in [0, 0.1) is 0 Å². The van der Waals surface area contributed by atoms with E-state index in [1.54, 1.807) is 13.3 Å². The van der Waals surface area contributed by atoms with Gasteiger partial charge in [0.25, 0.3) is 0 Å². The third kappa shape index (κ3) is 4.58. The second kappa shape index (κ2) is 8.44. The summed E-state index contributed by atoms with van der Waals surface area (Å²) in [4.78, 5) is 21.0. The molecule has 3 rings (SSSR count). The monoisotopic (exact) mass is 368 g/mol. The van der Waals surface area contributed by atoms with E-state index >= 15 is 0 Å². The molecule has 26 heavy (non-hydrogen) atoms. The molecule has 2 aromatic heterocycles. The number of amides is 1. The number of methoxy groups -OCH3 is 1. The highest BCUT2D eigenvalue weighted by atomic mass is 32.1. The zero-order valence-corrected chi connectivity index (χ0v) is 15.5. The number of carbonyl (C=O) groups is 1. The minimum atomic E-state index is -0.109. The van der Waals surface area contributed by atoms with Crippen LogP contribution in [0.3, 0.4) is 0 Å². The summed E-state index contributed by atoms with van der Waals surface area (Å²) in [6, 6.07) is 11.3. The van der Waals surface area contributed by atoms with Gasteiger partial charge in [-0.05, 0) is 36.8 Å². The number of anilines is 2. The van der Waals surface area contributed by atoms with Crippen molar-refractivity contribution in [2.24, 2.45) is 0 Å². The lowest BCUT2D eigenvalue weighted by atomic mass is 10.1. The molecule has 0 fully saturated rings. The third-order valence-electron chi connectivity index (χ3n) is 3.66. The highest BCUT2D eigenvalue weighted by Gasteiger charge is 2.10. The maximum absolute atomic E-state index is 12.3. The minimum absolute atomic E-state index is 0.109. The highest BCUT2D eigenvalue weighted by molar-refractivity contribution is 7.14. The number of nitrogens with zero attached hydrogens (tertiary/aromatic N) is 2. The van der Waals surface area contributed by atoms with Crippen LogP contribution in [0.25, 0.3) is 11.3 Å². The Bertz CT molecular complexity index is 895. The quantitative estimate of drug-likeness (QED) is 0.663. The number of ether oxygens (including phenoxy) is 1. The Morgan fingerprint density at radius 3 is 2.96 bits per heavy atom. The zero-order chi connectivity index (χ0) is 18.4. The van der Waals surface area contributed by atoms with Gasteiger partial charge in [-0.2, -0.15) is 0 Å². The average molecular weight is 368 g/mol. The van der Waals surface area contributed by atoms with Gasteiger partial charge in [0.15, 0.2) is 5.13 Å². The Balaban J connectivity index is 1.66. The summed E-state index contributed by atoms with van der Waals surface area (Å²) >= 11 is 1.40. The predicted molar refractivity (Wildman–Crippen MR) is 105 cm³/mol. The molecule has 0 radical (unpaired) electrons. The predicted octanol–water partition coefficient (Wildman–Crippen LogP) is 3.83. The summed E-state index contributed by atoms with van der Waals surface area (Å²) in [7, 11) is 1.61. The molecule has 0 aliphatic rings. The number of aromatic nitrogens is 2. The van der Waals surface area contributed by atoms with E-state index in [1.165, 1.54) is 11.3 Å². The summed E-state index contributed by atoms with van der Waals surface area (Å²) < 4.78 is 5.18. The molecule has 0 bridgehead atoms. The highest BCUT2D eigenvalue weighted by Crippen LogP contribution is 2.26. The van der Waals surface area contributed by atoms with Crippen molar-refractivity contribution in [1.29, 1.82) is 0 Å². The van der Waals surface area contributed by atoms with Crippen LogP contribution in [0.4, 0.5) is 10.9 Å². The lowest BCUT2D eigenvalue weighted by Gasteiger charge is -2.05. The van der Waals surface area contributed by atoms with Crippen molar-refractivity contribution >= 4 is 28.2 Å². The lowest BCUT2D eigenvalue weighted by Crippen LogP contribution is -2.14. The summed E-state index contributed by atoms with van der Waals surface area (Å²) in [6.07, 6.45) is 2.01. The molecule has 0 aliphatic carbocycles. The van der Waals surface area contributed by atoms with Crippen molar-refractivity contribution in [3.8, 4) is 17.0 Å². The SMILES string of the molecule is CCNc1cc(-c2csc(NC(=O)Cc3cccc(OC)c3)n2)ccn1. The van der Waals surface area contributed by atoms with Gasteiger partial charge in [0, 0.05) is 23.7 Å². The van der Waals surface area contributed by atoms with Crippen LogP contribution in [0.1, 0.15) is 12.5 Å². The Labute approximate surface area is 156 Å². The fourth-order valence-corrected chi connectivity index (χ4v) is 3.20. The summed E-state index contributed by atoms with van der Waals surface area (Å²) in [5.74, 6) is 1.44. The van der Waals surface area contributed by atoms with Crippen LogP contribution in [0.2, 0.25) is 0 Å². The van der Waals surface area contributed by atoms with Gasteiger partial charge >= 0.3 is 0 Å². The molecule has 0 atom stereocenters. The van der Waals surface area contributed by atoms with E-state index in [4.69, 9.17) is 4.74 Å². The second-order valence-electron chi connectivity index (χ2n) is 5.57. The van der Waals surface area contributed by atoms with Crippen molar-refractivity contribution < 1.29 is 9.53 Å². The van der Waals surface area contributed by atoms with Crippen molar-refractivity contribution in [2.45, 2.75) is 13.3 Å². The number of nitrogens with one attached hydrogen (secondary N) is 2. The van der Waals surface area contributed by atoms with Crippen molar-refractivity contribution in [3.05, 3.63) is 53.5 Å². The Morgan fingerprint density at radius 2 is 2.15 bits per heavy atom. The van der Waals surface area contributed by atoms with Crippen LogP contribution in [0.15, 0.2) is 48.0 Å². The molecule has 7 heteroatoms. The second-order valence-corrected chi connectivity index (χ2v) is 6.43. The molecular formula is C19H20N4O2S. The summed E-state index contributed by atoms with van der Waals surface area (Å²) in [5.41, 5.74) is 2.66. The van der Waals surface area contributed by atoms with Crippen LogP contribution in [-0.2, 0) is 11.2 Å². The van der Waals surface area contributed by atoms with E-state index in [0.717, 1.165) is 34.9 Å². The maximum atomic E-state index is 12.3. The van der Waals surface area contributed by atoms with Gasteiger partial charge in [0.05, 0.1) is 19.2 Å². The van der Waals surface area contributed by atoms with Crippen LogP contribution in [0.5, 0.6) is 5.75 Å². The third-order valence-corrected chi connectivity index (χ3v) is 4.42. The van der Waals surface area contributed by atoms with Gasteiger partial charge in [0.1, 0.15) is 11.6 Å². The van der Waals surface area contributed by atoms with Gasteiger partial charge in [-0.25, -0.2) is 9.97 Å². The minimum Gasteiger partial charge on any atom is -0.497 e. The summed E-state index contributed by atoms with van der Waals surface area (Å²) in [6.45, 7) is 2.83. The Hall–Kier alpha value is -2.93. The van der Waals surface area contributed by atoms with E-state index in [0.29, 0.717) is 5.13 Å². The molecule has 0 spiro atoms. The normalized spacial score (nSPS) is 10.4. The fourth-order valence-electron chi connectivity index (χ4n) is 2.46. The molecule has 6 nitrogen and oxygen atoms in total. The first-order valence-electron chi connectivity index (χ1n) is 8.26. The molecule has 0 saturated heterocycles. The zero-order valence-electron chi connectivity index (χ0n) is 14.7. The number of pyridine rings is 1. The lowest BCUT2D eigenvalue weighted by molar-refractivity contribution is -0.115. The van der Waals surface area contributed by atoms with Gasteiger partial charge in [-0.1, -0.05) is 12.1 Å². The molecule has 3 aromatic rings. The molecule has 0 unspecified atom stereocenters. The van der Waals surface area contributed by atoms with E-state index in [9.17, 15) is 4.79 Å². The first-order chi connectivity index (χ1) is 12.7. The molecule has 0 saturated carbocycles. The van der Waals surface area contributed by atoms with Crippen LogP contribution in [-0.4, -0.2) is 29.5 Å². The first kappa shape index (κ1) is 17.9. The molecule has 1 amide bonds. The average Bonchev–Trinajstić information content (AvgIpc) is 3.11. The van der Waals surface area contributed by atoms with E-state index in [1.807, 2.05) is 48.7 Å². The number of hydrogen-bond acceptors (Lipinski definition) is 6. The van der Waals surface area contributed by atoms with E-state index in [2.05, 4.69) is 20.6 Å². The molecular weight excluding hydrogens is 348 g/mol. The van der Waals surface area contributed by atoms with Crippen molar-refractivity contribution in [2.75, 3.05) is 24.3 Å². The standard InChI is InChI=1S/C19H20N4O2S/c1-3-20-17-11-14(7-8-21-17)16-12-26-19(22-16)23-18(24)10-13-5-4-6-15(9-13)25-2/h4-9,11-12H,3,10H2,1-2H3,(H,20,21)(H,22,23,24). The fraction of sp³-hybridized carbons (Fsp3) is 0.211. The largest absolute Gasteiger partial charge is 0.497 e. The van der Waals surface area contributed by atoms with E-state index in [-0.39, 0.29) is 12.3 Å². The molecule has 2 N–H and O–H groups in total. The van der Waals surface area contributed by atoms with E-state index < -0.39 is 0 Å². The smallest absolute Gasteiger partial charge is 0.230 e.